The van der Waals surface area contributed by atoms with E-state index in [1.54, 1.807) is 12.1 Å². The van der Waals surface area contributed by atoms with Gasteiger partial charge in [-0.3, -0.25) is 9.59 Å². The third-order valence-corrected chi connectivity index (χ3v) is 7.55. The fourth-order valence-electron chi connectivity index (χ4n) is 5.37. The summed E-state index contributed by atoms with van der Waals surface area (Å²) in [4.78, 5) is 37.7. The number of nitrogens with zero attached hydrogens (tertiary/aromatic N) is 1. The molecular weight excluding hydrogens is 482 g/mol. The third kappa shape index (κ3) is 8.01. The van der Waals surface area contributed by atoms with Crippen molar-refractivity contribution in [2.45, 2.75) is 96.8 Å². The van der Waals surface area contributed by atoms with Crippen LogP contribution in [0.15, 0.2) is 65.5 Å². The lowest BCUT2D eigenvalue weighted by Gasteiger charge is -2.05. The predicted molar refractivity (Wildman–Crippen MR) is 161 cm³/mol. The van der Waals surface area contributed by atoms with Crippen LogP contribution in [-0.4, -0.2) is 20.7 Å². The van der Waals surface area contributed by atoms with E-state index in [-0.39, 0.29) is 11.3 Å². The molecule has 0 radical (unpaired) electrons. The van der Waals surface area contributed by atoms with Crippen molar-refractivity contribution in [3.05, 3.63) is 88.1 Å². The molecule has 0 aliphatic heterocycles. The van der Waals surface area contributed by atoms with Crippen molar-refractivity contribution in [1.29, 1.82) is 0 Å². The van der Waals surface area contributed by atoms with Crippen molar-refractivity contribution in [2.24, 2.45) is 0 Å². The SMILES string of the molecule is CCCCCCCCCCCCCCCc1nc2[nH]c(C(=O)c3ccccc3)c(-c3ccccc3)c2c(=O)[nH]1. The van der Waals surface area contributed by atoms with Gasteiger partial charge in [0.15, 0.2) is 0 Å². The first-order chi connectivity index (χ1) is 19.2. The second-order valence-electron chi connectivity index (χ2n) is 10.7. The van der Waals surface area contributed by atoms with Crippen molar-refractivity contribution < 1.29 is 4.79 Å². The predicted octanol–water partition coefficient (Wildman–Crippen LogP) is 8.78. The maximum Gasteiger partial charge on any atom is 0.261 e. The molecule has 0 fully saturated rings. The molecule has 4 aromatic rings. The topological polar surface area (TPSA) is 78.6 Å². The summed E-state index contributed by atoms with van der Waals surface area (Å²) < 4.78 is 0. The summed E-state index contributed by atoms with van der Waals surface area (Å²) in [6, 6.07) is 18.7. The van der Waals surface area contributed by atoms with Crippen molar-refractivity contribution >= 4 is 16.8 Å². The van der Waals surface area contributed by atoms with Gasteiger partial charge in [0.25, 0.3) is 5.56 Å². The van der Waals surface area contributed by atoms with E-state index >= 15 is 0 Å². The Balaban J connectivity index is 1.35. The van der Waals surface area contributed by atoms with Gasteiger partial charge in [0.1, 0.15) is 11.5 Å². The van der Waals surface area contributed by atoms with Crippen LogP contribution < -0.4 is 5.56 Å². The molecule has 2 aromatic heterocycles. The monoisotopic (exact) mass is 525 g/mol. The summed E-state index contributed by atoms with van der Waals surface area (Å²) >= 11 is 0. The summed E-state index contributed by atoms with van der Waals surface area (Å²) in [7, 11) is 0. The first-order valence-electron chi connectivity index (χ1n) is 15.0. The van der Waals surface area contributed by atoms with E-state index in [1.807, 2.05) is 48.5 Å². The average molecular weight is 526 g/mol. The summed E-state index contributed by atoms with van der Waals surface area (Å²) in [6.07, 6.45) is 17.7. The Morgan fingerprint density at radius 3 is 1.82 bits per heavy atom. The Hall–Kier alpha value is -3.47. The van der Waals surface area contributed by atoms with Crippen LogP contribution in [0, 0.1) is 0 Å². The van der Waals surface area contributed by atoms with E-state index in [1.165, 1.54) is 70.6 Å². The van der Waals surface area contributed by atoms with Crippen LogP contribution in [0.2, 0.25) is 0 Å². The molecule has 0 atom stereocenters. The lowest BCUT2D eigenvalue weighted by atomic mass is 9.98. The molecule has 39 heavy (non-hydrogen) atoms. The molecule has 0 saturated carbocycles. The highest BCUT2D eigenvalue weighted by molar-refractivity contribution is 6.16. The van der Waals surface area contributed by atoms with Gasteiger partial charge in [-0.25, -0.2) is 4.98 Å². The maximum absolute atomic E-state index is 13.4. The fraction of sp³-hybridized carbons (Fsp3) is 0.441. The molecule has 0 unspecified atom stereocenters. The zero-order chi connectivity index (χ0) is 27.3. The van der Waals surface area contributed by atoms with Crippen molar-refractivity contribution in [3.8, 4) is 11.1 Å². The van der Waals surface area contributed by atoms with Crippen LogP contribution in [0.3, 0.4) is 0 Å². The summed E-state index contributed by atoms with van der Waals surface area (Å²) in [6.45, 7) is 2.27. The molecule has 0 saturated heterocycles. The van der Waals surface area contributed by atoms with Crippen LogP contribution in [0.25, 0.3) is 22.2 Å². The Kier molecular flexibility index (Phi) is 11.1. The van der Waals surface area contributed by atoms with Crippen molar-refractivity contribution in [1.82, 2.24) is 15.0 Å². The van der Waals surface area contributed by atoms with E-state index in [0.29, 0.717) is 33.7 Å². The smallest absolute Gasteiger partial charge is 0.261 e. The van der Waals surface area contributed by atoms with Crippen LogP contribution in [0.4, 0.5) is 0 Å². The number of aromatic amines is 2. The third-order valence-electron chi connectivity index (χ3n) is 7.55. The quantitative estimate of drug-likeness (QED) is 0.107. The molecule has 0 bridgehead atoms. The first-order valence-corrected chi connectivity index (χ1v) is 15.0. The largest absolute Gasteiger partial charge is 0.336 e. The number of hydrogen-bond acceptors (Lipinski definition) is 3. The molecule has 0 amide bonds. The van der Waals surface area contributed by atoms with Gasteiger partial charge in [-0.15, -0.1) is 0 Å². The molecular formula is C34H43N3O2. The zero-order valence-corrected chi connectivity index (χ0v) is 23.4. The molecule has 2 heterocycles. The summed E-state index contributed by atoms with van der Waals surface area (Å²) in [5.74, 6) is 0.528. The maximum atomic E-state index is 13.4. The highest BCUT2D eigenvalue weighted by Crippen LogP contribution is 2.31. The molecule has 0 spiro atoms. The fourth-order valence-corrected chi connectivity index (χ4v) is 5.37. The van der Waals surface area contributed by atoms with Crippen LogP contribution in [0.5, 0.6) is 0 Å². The molecule has 5 nitrogen and oxygen atoms in total. The normalized spacial score (nSPS) is 11.3. The number of nitrogens with one attached hydrogen (secondary N) is 2. The Morgan fingerprint density at radius 1 is 0.692 bits per heavy atom. The Morgan fingerprint density at radius 2 is 1.23 bits per heavy atom. The first kappa shape index (κ1) is 28.5. The minimum absolute atomic E-state index is 0.148. The van der Waals surface area contributed by atoms with Gasteiger partial charge in [-0.1, -0.05) is 145 Å². The molecule has 206 valence electrons. The number of rotatable bonds is 17. The summed E-state index contributed by atoms with van der Waals surface area (Å²) in [5, 5.41) is 0.439. The number of fused-ring (bicyclic) bond motifs is 1. The number of carbonyl (C=O) groups excluding carboxylic acids is 1. The lowest BCUT2D eigenvalue weighted by Crippen LogP contribution is -2.12. The number of hydrogen-bond donors (Lipinski definition) is 2. The van der Waals surface area contributed by atoms with E-state index in [2.05, 4.69) is 16.9 Å². The average Bonchev–Trinajstić information content (AvgIpc) is 3.36. The highest BCUT2D eigenvalue weighted by Gasteiger charge is 2.23. The van der Waals surface area contributed by atoms with Gasteiger partial charge < -0.3 is 9.97 Å². The van der Waals surface area contributed by atoms with Gasteiger partial charge >= 0.3 is 0 Å². The zero-order valence-electron chi connectivity index (χ0n) is 23.4. The van der Waals surface area contributed by atoms with Crippen LogP contribution in [-0.2, 0) is 6.42 Å². The summed E-state index contributed by atoms with van der Waals surface area (Å²) in [5.41, 5.74) is 2.68. The van der Waals surface area contributed by atoms with E-state index in [9.17, 15) is 9.59 Å². The van der Waals surface area contributed by atoms with E-state index < -0.39 is 0 Å². The minimum atomic E-state index is -0.202. The number of benzene rings is 2. The minimum Gasteiger partial charge on any atom is -0.336 e. The standard InChI is InChI=1S/C34H43N3O2/c1-2-3-4-5-6-7-8-9-10-11-12-13-20-25-28-35-33-30(34(39)36-28)29(26-21-16-14-17-22-26)31(37-33)32(38)27-23-18-15-19-24-27/h14-19,21-24H,2-13,20,25H2,1H3,(H2,35,36,37,39). The number of unbranched alkanes of at least 4 members (excludes halogenated alkanes) is 12. The molecule has 2 N–H and O–H groups in total. The highest BCUT2D eigenvalue weighted by atomic mass is 16.1. The number of carbonyl (C=O) groups is 1. The molecule has 0 aliphatic carbocycles. The van der Waals surface area contributed by atoms with Gasteiger partial charge in [0.2, 0.25) is 5.78 Å². The van der Waals surface area contributed by atoms with Gasteiger partial charge in [0, 0.05) is 17.5 Å². The molecule has 2 aromatic carbocycles. The van der Waals surface area contributed by atoms with E-state index in [4.69, 9.17) is 4.98 Å². The second kappa shape index (κ2) is 15.2. The Bertz CT molecular complexity index is 1360. The number of aryl methyl sites for hydroxylation is 1. The molecule has 0 aliphatic rings. The number of H-pyrrole nitrogens is 2. The van der Waals surface area contributed by atoms with Crippen LogP contribution in [0.1, 0.15) is 112 Å². The van der Waals surface area contributed by atoms with Crippen molar-refractivity contribution in [2.75, 3.05) is 0 Å². The van der Waals surface area contributed by atoms with Gasteiger partial charge in [-0.2, -0.15) is 0 Å². The lowest BCUT2D eigenvalue weighted by molar-refractivity contribution is 0.103. The van der Waals surface area contributed by atoms with Gasteiger partial charge in [-0.05, 0) is 12.0 Å². The molecule has 5 heteroatoms. The second-order valence-corrected chi connectivity index (χ2v) is 10.7. The van der Waals surface area contributed by atoms with Crippen LogP contribution >= 0.6 is 0 Å². The Labute approximate surface area is 232 Å². The van der Waals surface area contributed by atoms with E-state index in [0.717, 1.165) is 24.8 Å². The number of ketones is 1. The van der Waals surface area contributed by atoms with Crippen molar-refractivity contribution in [3.63, 3.8) is 0 Å². The number of aromatic nitrogens is 3. The molecule has 4 rings (SSSR count). The van der Waals surface area contributed by atoms with Gasteiger partial charge in [0.05, 0.1) is 11.1 Å².